The van der Waals surface area contributed by atoms with Crippen LogP contribution in [0.5, 0.6) is 0 Å². The summed E-state index contributed by atoms with van der Waals surface area (Å²) in [5.74, 6) is -2.82. The summed E-state index contributed by atoms with van der Waals surface area (Å²) in [6.07, 6.45) is -11.9. The summed E-state index contributed by atoms with van der Waals surface area (Å²) in [6.45, 7) is 2.33. The fourth-order valence-corrected chi connectivity index (χ4v) is 8.70. The fourth-order valence-electron chi connectivity index (χ4n) is 6.54. The lowest BCUT2D eigenvalue weighted by molar-refractivity contribution is -0.348. The van der Waals surface area contributed by atoms with Gasteiger partial charge in [-0.15, -0.1) is 0 Å². The number of benzene rings is 2. The van der Waals surface area contributed by atoms with Crippen LogP contribution >= 0.6 is 0 Å². The lowest BCUT2D eigenvalue weighted by atomic mass is 9.68. The molecule has 2 aromatic rings. The smallest absolute Gasteiger partial charge is 0.435 e. The number of hydrogen-bond acceptors (Lipinski definition) is 4. The van der Waals surface area contributed by atoms with Crippen molar-refractivity contribution >= 4 is 21.7 Å². The number of halogens is 8. The first kappa shape index (κ1) is 34.6. The van der Waals surface area contributed by atoms with E-state index in [0.717, 1.165) is 18.2 Å². The Hall–Kier alpha value is -3.23. The average Bonchev–Trinajstić information content (AvgIpc) is 3.44. The molecule has 0 bridgehead atoms. The maximum atomic E-state index is 14.8. The first-order valence-electron chi connectivity index (χ1n) is 14.1. The average molecular weight is 670 g/mol. The molecule has 1 heterocycles. The highest BCUT2D eigenvalue weighted by atomic mass is 32.2. The molecular formula is C30H31F8NO5S. The van der Waals surface area contributed by atoms with Gasteiger partial charge in [-0.05, 0) is 74.8 Å². The van der Waals surface area contributed by atoms with Gasteiger partial charge in [0.15, 0.2) is 9.84 Å². The summed E-state index contributed by atoms with van der Waals surface area (Å²) in [7, 11) is -4.62. The lowest BCUT2D eigenvalue weighted by Crippen LogP contribution is -2.50. The molecule has 2 aromatic carbocycles. The van der Waals surface area contributed by atoms with E-state index in [-0.39, 0.29) is 61.9 Å². The van der Waals surface area contributed by atoms with Gasteiger partial charge in [-0.3, -0.25) is 9.59 Å². The van der Waals surface area contributed by atoms with Crippen LogP contribution in [-0.4, -0.2) is 55.7 Å². The lowest BCUT2D eigenvalue weighted by Gasteiger charge is -2.40. The van der Waals surface area contributed by atoms with Crippen molar-refractivity contribution in [1.29, 1.82) is 0 Å². The first-order chi connectivity index (χ1) is 20.7. The van der Waals surface area contributed by atoms with Crippen molar-refractivity contribution in [3.05, 3.63) is 65.0 Å². The molecule has 1 aliphatic heterocycles. The standard InChI is InChI=1S/C30H31F8NO5S/c1-3-26(12-10-19(11-13-26)24(40)41)25(42)39-15-14-27(17-39,45(43,44)22-8-9-23(31)18(2)16-22)20-4-6-21(7-5-20)28(32,29(33,34)35)30(36,37)38/h4-9,16,19H,3,10-15,17H2,1-2H3,(H,40,41)/t19-,26-,27-/m0/s1. The highest BCUT2D eigenvalue weighted by molar-refractivity contribution is 7.92. The molecule has 1 aliphatic carbocycles. The summed E-state index contributed by atoms with van der Waals surface area (Å²) in [5, 5.41) is 9.39. The topological polar surface area (TPSA) is 91.8 Å². The predicted octanol–water partition coefficient (Wildman–Crippen LogP) is 7.00. The number of sulfone groups is 1. The number of nitrogens with zero attached hydrogens (tertiary/aromatic N) is 1. The Morgan fingerprint density at radius 1 is 0.933 bits per heavy atom. The van der Waals surface area contributed by atoms with E-state index in [2.05, 4.69) is 0 Å². The summed E-state index contributed by atoms with van der Waals surface area (Å²) in [6, 6.07) is 4.72. The number of carboxylic acids is 1. The molecule has 0 spiro atoms. The zero-order valence-electron chi connectivity index (χ0n) is 24.2. The number of alkyl halides is 7. The van der Waals surface area contributed by atoms with Gasteiger partial charge < -0.3 is 10.0 Å². The molecule has 0 aromatic heterocycles. The molecule has 45 heavy (non-hydrogen) atoms. The molecule has 15 heteroatoms. The normalized spacial score (nSPS) is 24.9. The Morgan fingerprint density at radius 2 is 1.49 bits per heavy atom. The molecule has 2 aliphatic rings. The second kappa shape index (κ2) is 11.5. The molecule has 1 N–H and O–H groups in total. The highest BCUT2D eigenvalue weighted by Crippen LogP contribution is 2.54. The monoisotopic (exact) mass is 669 g/mol. The van der Waals surface area contributed by atoms with Crippen LogP contribution in [0.2, 0.25) is 0 Å². The Kier molecular flexibility index (Phi) is 8.88. The molecular weight excluding hydrogens is 638 g/mol. The van der Waals surface area contributed by atoms with Gasteiger partial charge in [-0.25, -0.2) is 17.2 Å². The third kappa shape index (κ3) is 5.58. The van der Waals surface area contributed by atoms with Gasteiger partial charge in [0, 0.05) is 24.1 Å². The molecule has 1 saturated heterocycles. The zero-order valence-corrected chi connectivity index (χ0v) is 25.1. The summed E-state index contributed by atoms with van der Waals surface area (Å²) >= 11 is 0. The number of aliphatic carboxylic acids is 1. The number of carbonyl (C=O) groups excluding carboxylic acids is 1. The van der Waals surface area contributed by atoms with Gasteiger partial charge in [0.2, 0.25) is 5.91 Å². The minimum absolute atomic E-state index is 0.0507. The summed E-state index contributed by atoms with van der Waals surface area (Å²) in [4.78, 5) is 26.3. The van der Waals surface area contributed by atoms with Crippen LogP contribution in [0.4, 0.5) is 35.1 Å². The van der Waals surface area contributed by atoms with Crippen LogP contribution in [0.1, 0.15) is 62.1 Å². The first-order valence-corrected chi connectivity index (χ1v) is 15.6. The highest BCUT2D eigenvalue weighted by Gasteiger charge is 2.73. The van der Waals surface area contributed by atoms with E-state index in [0.29, 0.717) is 18.6 Å². The van der Waals surface area contributed by atoms with Crippen LogP contribution in [0.15, 0.2) is 47.4 Å². The van der Waals surface area contributed by atoms with E-state index in [9.17, 15) is 58.2 Å². The van der Waals surface area contributed by atoms with E-state index in [4.69, 9.17) is 0 Å². The van der Waals surface area contributed by atoms with Gasteiger partial charge in [0.1, 0.15) is 10.6 Å². The van der Waals surface area contributed by atoms with Crippen molar-refractivity contribution in [3.8, 4) is 0 Å². The second-order valence-electron chi connectivity index (χ2n) is 11.9. The zero-order chi connectivity index (χ0) is 33.8. The summed E-state index contributed by atoms with van der Waals surface area (Å²) in [5.41, 5.74) is -8.88. The second-order valence-corrected chi connectivity index (χ2v) is 14.1. The number of aryl methyl sites for hydroxylation is 1. The molecule has 1 atom stereocenters. The number of carboxylic acid groups (broad SMARTS) is 1. The van der Waals surface area contributed by atoms with E-state index >= 15 is 0 Å². The van der Waals surface area contributed by atoms with Crippen LogP contribution < -0.4 is 0 Å². The Bertz CT molecular complexity index is 1550. The number of likely N-dealkylation sites (tertiary alicyclic amines) is 1. The molecule has 0 radical (unpaired) electrons. The Morgan fingerprint density at radius 3 is 1.96 bits per heavy atom. The molecule has 1 amide bonds. The minimum Gasteiger partial charge on any atom is -0.481 e. The molecule has 2 fully saturated rings. The number of hydrogen-bond donors (Lipinski definition) is 1. The van der Waals surface area contributed by atoms with Gasteiger partial charge in [0.05, 0.1) is 10.8 Å². The number of carbonyl (C=O) groups is 2. The van der Waals surface area contributed by atoms with Crippen molar-refractivity contribution in [2.45, 2.75) is 80.0 Å². The fraction of sp³-hybridized carbons (Fsp3) is 0.533. The predicted molar refractivity (Wildman–Crippen MR) is 145 cm³/mol. The van der Waals surface area contributed by atoms with Crippen LogP contribution in [0.25, 0.3) is 0 Å². The van der Waals surface area contributed by atoms with Crippen LogP contribution in [0, 0.1) is 24.1 Å². The SMILES string of the molecule is CC[C@]1(C(=O)N2CC[C@](c3ccc(C(F)(C(F)(F)F)C(F)(F)F)cc3)(S(=O)(=O)c3ccc(F)c(C)c3)C2)CC[C@H](C(=O)O)CC1. The molecule has 6 nitrogen and oxygen atoms in total. The Labute approximate surface area is 254 Å². The number of rotatable bonds is 7. The Balaban J connectivity index is 1.81. The quantitative estimate of drug-likeness (QED) is 0.254. The van der Waals surface area contributed by atoms with Crippen molar-refractivity contribution < 1.29 is 58.2 Å². The minimum atomic E-state index is -6.38. The summed E-state index contributed by atoms with van der Waals surface area (Å²) < 4.78 is 136. The molecule has 4 rings (SSSR count). The van der Waals surface area contributed by atoms with E-state index in [1.807, 2.05) is 0 Å². The number of amides is 1. The van der Waals surface area contributed by atoms with Gasteiger partial charge in [-0.2, -0.15) is 26.3 Å². The molecule has 0 unspecified atom stereocenters. The van der Waals surface area contributed by atoms with Crippen LogP contribution in [-0.2, 0) is 29.8 Å². The molecule has 248 valence electrons. The maximum absolute atomic E-state index is 14.8. The largest absolute Gasteiger partial charge is 0.481 e. The van der Waals surface area contributed by atoms with Crippen LogP contribution in [0.3, 0.4) is 0 Å². The van der Waals surface area contributed by atoms with E-state index in [1.54, 1.807) is 6.92 Å². The van der Waals surface area contributed by atoms with E-state index in [1.165, 1.54) is 11.8 Å². The third-order valence-electron chi connectivity index (χ3n) is 9.49. The molecule has 1 saturated carbocycles. The van der Waals surface area contributed by atoms with Gasteiger partial charge in [0.25, 0.3) is 0 Å². The van der Waals surface area contributed by atoms with Gasteiger partial charge in [-0.1, -0.05) is 31.2 Å². The van der Waals surface area contributed by atoms with E-state index < -0.39 is 78.6 Å². The van der Waals surface area contributed by atoms with Crippen molar-refractivity contribution in [2.24, 2.45) is 11.3 Å². The van der Waals surface area contributed by atoms with Gasteiger partial charge >= 0.3 is 24.0 Å². The van der Waals surface area contributed by atoms with Crippen molar-refractivity contribution in [2.75, 3.05) is 13.1 Å². The maximum Gasteiger partial charge on any atom is 0.435 e. The third-order valence-corrected chi connectivity index (χ3v) is 12.0. The van der Waals surface area contributed by atoms with Crippen molar-refractivity contribution in [1.82, 2.24) is 4.90 Å². The van der Waals surface area contributed by atoms with Crippen molar-refractivity contribution in [3.63, 3.8) is 0 Å².